The second-order valence-corrected chi connectivity index (χ2v) is 3.41. The Morgan fingerprint density at radius 2 is 2.07 bits per heavy atom. The van der Waals surface area contributed by atoms with E-state index in [9.17, 15) is 0 Å². The van der Waals surface area contributed by atoms with Gasteiger partial charge in [-0.05, 0) is 11.6 Å². The Morgan fingerprint density at radius 3 is 2.73 bits per heavy atom. The molecule has 4 heteroatoms. The van der Waals surface area contributed by atoms with E-state index in [0.29, 0.717) is 0 Å². The van der Waals surface area contributed by atoms with Crippen molar-refractivity contribution >= 4 is 12.4 Å². The lowest BCUT2D eigenvalue weighted by molar-refractivity contribution is 0.430. The summed E-state index contributed by atoms with van der Waals surface area (Å²) in [5, 5.41) is 15.7. The average Bonchev–Trinajstić information content (AvgIpc) is 2.30. The van der Waals surface area contributed by atoms with Gasteiger partial charge in [0.1, 0.15) is 0 Å². The molecule has 0 unspecified atom stereocenters. The standard InChI is InChI=1S/C11H13N3.ClH/c12-7-9-3-1-2-4-10(9)11-8-13-5-6-14-11;/h1-4,11,13-14H,5-6,8H2;1H/t11-;/m1./s1. The van der Waals surface area contributed by atoms with Crippen molar-refractivity contribution in [3.8, 4) is 6.07 Å². The smallest absolute Gasteiger partial charge is 0.0995 e. The predicted octanol–water partition coefficient (Wildman–Crippen LogP) is 1.21. The molecule has 1 aliphatic rings. The molecule has 1 heterocycles. The maximum Gasteiger partial charge on any atom is 0.0995 e. The van der Waals surface area contributed by atoms with E-state index in [2.05, 4.69) is 16.7 Å². The van der Waals surface area contributed by atoms with Crippen molar-refractivity contribution in [1.29, 1.82) is 5.26 Å². The van der Waals surface area contributed by atoms with Gasteiger partial charge in [0.2, 0.25) is 0 Å². The Kier molecular flexibility index (Phi) is 4.57. The van der Waals surface area contributed by atoms with E-state index in [1.807, 2.05) is 24.3 Å². The molecule has 15 heavy (non-hydrogen) atoms. The fourth-order valence-corrected chi connectivity index (χ4v) is 1.78. The van der Waals surface area contributed by atoms with Crippen LogP contribution in [-0.4, -0.2) is 19.6 Å². The van der Waals surface area contributed by atoms with Crippen molar-refractivity contribution in [2.45, 2.75) is 6.04 Å². The van der Waals surface area contributed by atoms with Gasteiger partial charge in [-0.2, -0.15) is 5.26 Å². The highest BCUT2D eigenvalue weighted by molar-refractivity contribution is 5.85. The number of rotatable bonds is 1. The minimum Gasteiger partial charge on any atom is -0.314 e. The number of nitrogens with zero attached hydrogens (tertiary/aromatic N) is 1. The van der Waals surface area contributed by atoms with E-state index in [-0.39, 0.29) is 18.4 Å². The van der Waals surface area contributed by atoms with E-state index < -0.39 is 0 Å². The van der Waals surface area contributed by atoms with Gasteiger partial charge in [-0.25, -0.2) is 0 Å². The van der Waals surface area contributed by atoms with Crippen LogP contribution in [0.1, 0.15) is 17.2 Å². The van der Waals surface area contributed by atoms with Gasteiger partial charge in [0.05, 0.1) is 11.6 Å². The van der Waals surface area contributed by atoms with Crippen LogP contribution in [0.2, 0.25) is 0 Å². The van der Waals surface area contributed by atoms with Gasteiger partial charge in [-0.3, -0.25) is 0 Å². The highest BCUT2D eigenvalue weighted by Crippen LogP contribution is 2.17. The predicted molar refractivity (Wildman–Crippen MR) is 62.0 cm³/mol. The van der Waals surface area contributed by atoms with Crippen molar-refractivity contribution in [3.63, 3.8) is 0 Å². The monoisotopic (exact) mass is 223 g/mol. The molecule has 1 aromatic rings. The Labute approximate surface area is 95.9 Å². The molecular weight excluding hydrogens is 210 g/mol. The zero-order valence-electron chi connectivity index (χ0n) is 8.36. The van der Waals surface area contributed by atoms with Gasteiger partial charge in [0, 0.05) is 25.7 Å². The lowest BCUT2D eigenvalue weighted by Crippen LogP contribution is -2.42. The van der Waals surface area contributed by atoms with Crippen molar-refractivity contribution in [2.24, 2.45) is 0 Å². The van der Waals surface area contributed by atoms with Crippen LogP contribution in [0.25, 0.3) is 0 Å². The number of nitrogens with one attached hydrogen (secondary N) is 2. The van der Waals surface area contributed by atoms with E-state index in [0.717, 1.165) is 30.8 Å². The third-order valence-corrected chi connectivity index (χ3v) is 2.50. The van der Waals surface area contributed by atoms with Gasteiger partial charge >= 0.3 is 0 Å². The largest absolute Gasteiger partial charge is 0.314 e. The summed E-state index contributed by atoms with van der Waals surface area (Å²) >= 11 is 0. The lowest BCUT2D eigenvalue weighted by atomic mass is 10.00. The van der Waals surface area contributed by atoms with Crippen molar-refractivity contribution in [1.82, 2.24) is 10.6 Å². The maximum absolute atomic E-state index is 8.95. The summed E-state index contributed by atoms with van der Waals surface area (Å²) in [5.74, 6) is 0. The van der Waals surface area contributed by atoms with Gasteiger partial charge in [0.15, 0.2) is 0 Å². The summed E-state index contributed by atoms with van der Waals surface area (Å²) in [6.07, 6.45) is 0. The summed E-state index contributed by atoms with van der Waals surface area (Å²) in [6.45, 7) is 2.87. The molecule has 3 nitrogen and oxygen atoms in total. The molecule has 0 saturated carbocycles. The first-order valence-corrected chi connectivity index (χ1v) is 4.85. The highest BCUT2D eigenvalue weighted by Gasteiger charge is 2.16. The number of piperazine rings is 1. The van der Waals surface area contributed by atoms with Crippen LogP contribution >= 0.6 is 12.4 Å². The number of benzene rings is 1. The topological polar surface area (TPSA) is 47.9 Å². The highest BCUT2D eigenvalue weighted by atomic mass is 35.5. The SMILES string of the molecule is Cl.N#Cc1ccccc1[C@H]1CNCCN1. The van der Waals surface area contributed by atoms with Crippen LogP contribution in [0.3, 0.4) is 0 Å². The molecule has 0 aromatic heterocycles. The first-order chi connectivity index (χ1) is 6.92. The van der Waals surface area contributed by atoms with Crippen LogP contribution in [0.15, 0.2) is 24.3 Å². The average molecular weight is 224 g/mol. The quantitative estimate of drug-likeness (QED) is 0.753. The Hall–Kier alpha value is -1.08. The number of hydrogen-bond donors (Lipinski definition) is 2. The maximum atomic E-state index is 8.95. The Morgan fingerprint density at radius 1 is 1.27 bits per heavy atom. The van der Waals surface area contributed by atoms with Gasteiger partial charge in [0.25, 0.3) is 0 Å². The van der Waals surface area contributed by atoms with Gasteiger partial charge in [-0.1, -0.05) is 18.2 Å². The molecule has 1 saturated heterocycles. The second-order valence-electron chi connectivity index (χ2n) is 3.41. The molecule has 0 spiro atoms. The van der Waals surface area contributed by atoms with E-state index in [1.54, 1.807) is 0 Å². The molecule has 1 fully saturated rings. The Bertz CT molecular complexity index is 353. The molecule has 2 rings (SSSR count). The molecular formula is C11H14ClN3. The van der Waals surface area contributed by atoms with Crippen LogP contribution < -0.4 is 10.6 Å². The molecule has 1 atom stereocenters. The zero-order valence-corrected chi connectivity index (χ0v) is 9.18. The fourth-order valence-electron chi connectivity index (χ4n) is 1.78. The van der Waals surface area contributed by atoms with Gasteiger partial charge < -0.3 is 10.6 Å². The number of hydrogen-bond acceptors (Lipinski definition) is 3. The van der Waals surface area contributed by atoms with Crippen LogP contribution in [0.5, 0.6) is 0 Å². The van der Waals surface area contributed by atoms with E-state index in [4.69, 9.17) is 5.26 Å². The molecule has 1 aliphatic heterocycles. The fraction of sp³-hybridized carbons (Fsp3) is 0.364. The summed E-state index contributed by atoms with van der Waals surface area (Å²) in [7, 11) is 0. The first kappa shape index (κ1) is 12.0. The number of halogens is 1. The third kappa shape index (κ3) is 2.69. The lowest BCUT2D eigenvalue weighted by Gasteiger charge is -2.25. The van der Waals surface area contributed by atoms with Crippen LogP contribution in [0, 0.1) is 11.3 Å². The minimum atomic E-state index is 0. The first-order valence-electron chi connectivity index (χ1n) is 4.85. The van der Waals surface area contributed by atoms with Gasteiger partial charge in [-0.15, -0.1) is 12.4 Å². The van der Waals surface area contributed by atoms with Crippen molar-refractivity contribution in [2.75, 3.05) is 19.6 Å². The minimum absolute atomic E-state index is 0. The molecule has 0 radical (unpaired) electrons. The molecule has 80 valence electrons. The summed E-state index contributed by atoms with van der Waals surface area (Å²) in [5.41, 5.74) is 1.87. The normalized spacial score (nSPS) is 20.1. The molecule has 0 aliphatic carbocycles. The summed E-state index contributed by atoms with van der Waals surface area (Å²) in [6, 6.07) is 10.3. The molecule has 1 aromatic carbocycles. The van der Waals surface area contributed by atoms with Crippen LogP contribution in [0.4, 0.5) is 0 Å². The van der Waals surface area contributed by atoms with E-state index in [1.165, 1.54) is 0 Å². The van der Waals surface area contributed by atoms with Crippen molar-refractivity contribution in [3.05, 3.63) is 35.4 Å². The summed E-state index contributed by atoms with van der Waals surface area (Å²) < 4.78 is 0. The molecule has 0 bridgehead atoms. The van der Waals surface area contributed by atoms with Crippen LogP contribution in [-0.2, 0) is 0 Å². The zero-order chi connectivity index (χ0) is 9.80. The Balaban J connectivity index is 0.00000112. The molecule has 0 amide bonds. The van der Waals surface area contributed by atoms with E-state index >= 15 is 0 Å². The number of nitriles is 1. The summed E-state index contributed by atoms with van der Waals surface area (Å²) in [4.78, 5) is 0. The molecule has 2 N–H and O–H groups in total. The third-order valence-electron chi connectivity index (χ3n) is 2.50. The van der Waals surface area contributed by atoms with Crippen molar-refractivity contribution < 1.29 is 0 Å². The second kappa shape index (κ2) is 5.72.